The van der Waals surface area contributed by atoms with Gasteiger partial charge in [0.15, 0.2) is 0 Å². The van der Waals surface area contributed by atoms with E-state index in [1.54, 1.807) is 0 Å². The molecule has 0 bridgehead atoms. The molecule has 20 heavy (non-hydrogen) atoms. The summed E-state index contributed by atoms with van der Waals surface area (Å²) in [6.07, 6.45) is 9.91. The van der Waals surface area contributed by atoms with Crippen LogP contribution in [-0.4, -0.2) is 29.8 Å². The first-order chi connectivity index (χ1) is 9.84. The minimum absolute atomic E-state index is 0.322. The SMILES string of the molecule is O=C1CCCC1C1CCCN1CC=Cc1ccccc1. The summed E-state index contributed by atoms with van der Waals surface area (Å²) in [5.74, 6) is 0.830. The average molecular weight is 269 g/mol. The Bertz CT molecular complexity index is 479. The molecule has 1 heterocycles. The lowest BCUT2D eigenvalue weighted by atomic mass is 9.95. The van der Waals surface area contributed by atoms with E-state index in [9.17, 15) is 4.79 Å². The third-order valence-electron chi connectivity index (χ3n) is 4.68. The van der Waals surface area contributed by atoms with Gasteiger partial charge in [0, 0.05) is 24.9 Å². The summed E-state index contributed by atoms with van der Waals surface area (Å²) in [5.41, 5.74) is 1.25. The van der Waals surface area contributed by atoms with Crippen LogP contribution in [0.2, 0.25) is 0 Å². The van der Waals surface area contributed by atoms with E-state index in [0.29, 0.717) is 17.7 Å². The van der Waals surface area contributed by atoms with Crippen LogP contribution in [0.15, 0.2) is 36.4 Å². The number of carbonyl (C=O) groups is 1. The third kappa shape index (κ3) is 3.01. The Hall–Kier alpha value is -1.41. The number of hydrogen-bond acceptors (Lipinski definition) is 2. The summed E-state index contributed by atoms with van der Waals surface area (Å²) >= 11 is 0. The molecule has 106 valence electrons. The molecular formula is C18H23NO. The lowest BCUT2D eigenvalue weighted by Gasteiger charge is -2.27. The molecule has 2 heteroatoms. The van der Waals surface area contributed by atoms with E-state index >= 15 is 0 Å². The number of Topliss-reactive ketones (excluding diaryl/α,β-unsaturated/α-hetero) is 1. The zero-order valence-electron chi connectivity index (χ0n) is 12.0. The zero-order chi connectivity index (χ0) is 13.8. The van der Waals surface area contributed by atoms with E-state index in [1.807, 2.05) is 6.07 Å². The van der Waals surface area contributed by atoms with Crippen LogP contribution in [0.1, 0.15) is 37.7 Å². The highest BCUT2D eigenvalue weighted by atomic mass is 16.1. The molecule has 1 saturated carbocycles. The smallest absolute Gasteiger partial charge is 0.137 e. The number of benzene rings is 1. The van der Waals surface area contributed by atoms with Crippen molar-refractivity contribution < 1.29 is 4.79 Å². The van der Waals surface area contributed by atoms with Gasteiger partial charge >= 0.3 is 0 Å². The first kappa shape index (κ1) is 13.6. The van der Waals surface area contributed by atoms with Crippen LogP contribution < -0.4 is 0 Å². The second-order valence-electron chi connectivity index (χ2n) is 5.98. The van der Waals surface area contributed by atoms with Gasteiger partial charge < -0.3 is 0 Å². The van der Waals surface area contributed by atoms with Crippen LogP contribution in [-0.2, 0) is 4.79 Å². The van der Waals surface area contributed by atoms with Crippen LogP contribution in [0.4, 0.5) is 0 Å². The Morgan fingerprint density at radius 3 is 2.75 bits per heavy atom. The predicted molar refractivity (Wildman–Crippen MR) is 82.4 cm³/mol. The van der Waals surface area contributed by atoms with Crippen LogP contribution >= 0.6 is 0 Å². The second kappa shape index (κ2) is 6.36. The predicted octanol–water partition coefficient (Wildman–Crippen LogP) is 3.53. The molecule has 1 aromatic rings. The molecular weight excluding hydrogens is 246 g/mol. The Morgan fingerprint density at radius 1 is 1.15 bits per heavy atom. The number of carbonyl (C=O) groups excluding carboxylic acids is 1. The highest BCUT2D eigenvalue weighted by molar-refractivity contribution is 5.83. The van der Waals surface area contributed by atoms with Crippen LogP contribution in [0.25, 0.3) is 6.08 Å². The molecule has 1 aliphatic carbocycles. The average Bonchev–Trinajstić information content (AvgIpc) is 3.08. The molecule has 0 spiro atoms. The van der Waals surface area contributed by atoms with Crippen LogP contribution in [0.3, 0.4) is 0 Å². The molecule has 0 amide bonds. The molecule has 2 unspecified atom stereocenters. The van der Waals surface area contributed by atoms with Gasteiger partial charge in [0.05, 0.1) is 0 Å². The van der Waals surface area contributed by atoms with Gasteiger partial charge in [-0.3, -0.25) is 9.69 Å². The fourth-order valence-corrected chi connectivity index (χ4v) is 3.67. The first-order valence-corrected chi connectivity index (χ1v) is 7.83. The van der Waals surface area contributed by atoms with Crippen LogP contribution in [0, 0.1) is 5.92 Å². The summed E-state index contributed by atoms with van der Waals surface area (Å²) in [5, 5.41) is 0. The molecule has 1 aliphatic heterocycles. The minimum atomic E-state index is 0.322. The van der Waals surface area contributed by atoms with Crippen molar-refractivity contribution in [1.82, 2.24) is 4.90 Å². The van der Waals surface area contributed by atoms with Gasteiger partial charge in [0.2, 0.25) is 0 Å². The maximum atomic E-state index is 12.0. The van der Waals surface area contributed by atoms with E-state index in [0.717, 1.165) is 32.4 Å². The largest absolute Gasteiger partial charge is 0.299 e. The van der Waals surface area contributed by atoms with Crippen molar-refractivity contribution in [1.29, 1.82) is 0 Å². The Morgan fingerprint density at radius 2 is 2.00 bits per heavy atom. The Labute approximate surface area is 121 Å². The van der Waals surface area contributed by atoms with Gasteiger partial charge in [-0.05, 0) is 37.8 Å². The van der Waals surface area contributed by atoms with Gasteiger partial charge in [-0.25, -0.2) is 0 Å². The molecule has 1 aromatic carbocycles. The molecule has 0 N–H and O–H groups in total. The summed E-state index contributed by atoms with van der Waals surface area (Å²) in [4.78, 5) is 14.5. The second-order valence-corrected chi connectivity index (χ2v) is 5.98. The number of hydrogen-bond donors (Lipinski definition) is 0. The van der Waals surface area contributed by atoms with E-state index in [2.05, 4.69) is 41.3 Å². The van der Waals surface area contributed by atoms with Gasteiger partial charge in [-0.1, -0.05) is 42.5 Å². The molecule has 0 radical (unpaired) electrons. The fraction of sp³-hybridized carbons (Fsp3) is 0.500. The number of ketones is 1. The van der Waals surface area contributed by atoms with Crippen molar-refractivity contribution in [2.24, 2.45) is 5.92 Å². The van der Waals surface area contributed by atoms with Crippen LogP contribution in [0.5, 0.6) is 0 Å². The van der Waals surface area contributed by atoms with Gasteiger partial charge in [-0.15, -0.1) is 0 Å². The van der Waals surface area contributed by atoms with Crippen molar-refractivity contribution in [3.8, 4) is 0 Å². The number of nitrogens with zero attached hydrogens (tertiary/aromatic N) is 1. The summed E-state index contributed by atoms with van der Waals surface area (Å²) in [6.45, 7) is 2.12. The topological polar surface area (TPSA) is 20.3 Å². The monoisotopic (exact) mass is 269 g/mol. The fourth-order valence-electron chi connectivity index (χ4n) is 3.67. The Balaban J connectivity index is 1.59. The number of likely N-dealkylation sites (tertiary alicyclic amines) is 1. The van der Waals surface area contributed by atoms with Gasteiger partial charge in [-0.2, -0.15) is 0 Å². The molecule has 0 aromatic heterocycles. The maximum absolute atomic E-state index is 12.0. The minimum Gasteiger partial charge on any atom is -0.299 e. The lowest BCUT2D eigenvalue weighted by Crippen LogP contribution is -2.37. The molecule has 3 rings (SSSR count). The molecule has 1 saturated heterocycles. The molecule has 2 nitrogen and oxygen atoms in total. The molecule has 2 atom stereocenters. The highest BCUT2D eigenvalue weighted by Gasteiger charge is 2.37. The van der Waals surface area contributed by atoms with Gasteiger partial charge in [0.25, 0.3) is 0 Å². The molecule has 2 aliphatic rings. The normalized spacial score (nSPS) is 27.7. The summed E-state index contributed by atoms with van der Waals surface area (Å²) in [7, 11) is 0. The zero-order valence-corrected chi connectivity index (χ0v) is 12.0. The van der Waals surface area contributed by atoms with Crippen molar-refractivity contribution >= 4 is 11.9 Å². The van der Waals surface area contributed by atoms with Crippen molar-refractivity contribution in [3.05, 3.63) is 42.0 Å². The van der Waals surface area contributed by atoms with Crippen molar-refractivity contribution in [2.75, 3.05) is 13.1 Å². The highest BCUT2D eigenvalue weighted by Crippen LogP contribution is 2.33. The standard InChI is InChI=1S/C18H23NO/c20-18-12-4-10-16(18)17-11-6-14-19(17)13-5-9-15-7-2-1-3-8-15/h1-3,5,7-9,16-17H,4,6,10-14H2. The van der Waals surface area contributed by atoms with E-state index in [4.69, 9.17) is 0 Å². The lowest BCUT2D eigenvalue weighted by molar-refractivity contribution is -0.122. The maximum Gasteiger partial charge on any atom is 0.137 e. The third-order valence-corrected chi connectivity index (χ3v) is 4.68. The van der Waals surface area contributed by atoms with E-state index in [-0.39, 0.29) is 0 Å². The molecule has 2 fully saturated rings. The first-order valence-electron chi connectivity index (χ1n) is 7.83. The van der Waals surface area contributed by atoms with Crippen molar-refractivity contribution in [2.45, 2.75) is 38.1 Å². The van der Waals surface area contributed by atoms with E-state index < -0.39 is 0 Å². The van der Waals surface area contributed by atoms with Crippen molar-refractivity contribution in [3.63, 3.8) is 0 Å². The number of rotatable bonds is 4. The van der Waals surface area contributed by atoms with Gasteiger partial charge in [0.1, 0.15) is 5.78 Å². The summed E-state index contributed by atoms with van der Waals surface area (Å²) < 4.78 is 0. The quantitative estimate of drug-likeness (QED) is 0.833. The summed E-state index contributed by atoms with van der Waals surface area (Å²) in [6, 6.07) is 10.9. The van der Waals surface area contributed by atoms with E-state index in [1.165, 1.54) is 18.4 Å². The Kier molecular flexibility index (Phi) is 4.31.